The predicted molar refractivity (Wildman–Crippen MR) is 117 cm³/mol. The number of piperidine rings is 1. The van der Waals surface area contributed by atoms with Gasteiger partial charge in [0.25, 0.3) is 5.91 Å². The summed E-state index contributed by atoms with van der Waals surface area (Å²) >= 11 is 0. The summed E-state index contributed by atoms with van der Waals surface area (Å²) < 4.78 is 0. The van der Waals surface area contributed by atoms with Gasteiger partial charge in [0.1, 0.15) is 0 Å². The van der Waals surface area contributed by atoms with Crippen LogP contribution in [0.5, 0.6) is 0 Å². The monoisotopic (exact) mass is 407 g/mol. The number of rotatable bonds is 6. The zero-order valence-corrected chi connectivity index (χ0v) is 17.6. The fourth-order valence-corrected chi connectivity index (χ4v) is 3.78. The number of aryl methyl sites for hydroxylation is 2. The van der Waals surface area contributed by atoms with Crippen molar-refractivity contribution in [3.63, 3.8) is 0 Å². The summed E-state index contributed by atoms with van der Waals surface area (Å²) in [7, 11) is 0. The molecule has 158 valence electrons. The molecular weight excluding hydrogens is 378 g/mol. The lowest BCUT2D eigenvalue weighted by Crippen LogP contribution is -2.44. The summed E-state index contributed by atoms with van der Waals surface area (Å²) in [5.41, 5.74) is 3.51. The fourth-order valence-electron chi connectivity index (χ4n) is 3.78. The number of hydrogen-bond donors (Lipinski definition) is 2. The van der Waals surface area contributed by atoms with Crippen molar-refractivity contribution in [1.82, 2.24) is 10.2 Å². The SMILES string of the molecule is CCc1ccccc1NC(=O)CNC(=O)C1CCN(C(=O)c2ccccc2C)CC1. The Hall–Kier alpha value is -3.15. The summed E-state index contributed by atoms with van der Waals surface area (Å²) in [6.07, 6.45) is 2.02. The average molecular weight is 408 g/mol. The number of anilines is 1. The lowest BCUT2D eigenvalue weighted by atomic mass is 9.95. The second-order valence-corrected chi connectivity index (χ2v) is 7.66. The fraction of sp³-hybridized carbons (Fsp3) is 0.375. The topological polar surface area (TPSA) is 78.5 Å². The molecule has 1 heterocycles. The van der Waals surface area contributed by atoms with E-state index >= 15 is 0 Å². The van der Waals surface area contributed by atoms with Crippen molar-refractivity contribution < 1.29 is 14.4 Å². The second kappa shape index (κ2) is 10.1. The first-order chi connectivity index (χ1) is 14.5. The normalized spacial score (nSPS) is 14.3. The summed E-state index contributed by atoms with van der Waals surface area (Å²) in [6, 6.07) is 15.2. The molecule has 3 rings (SSSR count). The molecule has 0 atom stereocenters. The van der Waals surface area contributed by atoms with Crippen LogP contribution in [0.3, 0.4) is 0 Å². The minimum atomic E-state index is -0.239. The summed E-state index contributed by atoms with van der Waals surface area (Å²) in [6.45, 7) is 4.99. The van der Waals surface area contributed by atoms with E-state index in [9.17, 15) is 14.4 Å². The van der Waals surface area contributed by atoms with Gasteiger partial charge in [-0.2, -0.15) is 0 Å². The quantitative estimate of drug-likeness (QED) is 0.772. The Morgan fingerprint density at radius 1 is 1.00 bits per heavy atom. The number of amides is 3. The molecule has 1 aliphatic heterocycles. The number of hydrogen-bond acceptors (Lipinski definition) is 3. The Morgan fingerprint density at radius 2 is 1.67 bits per heavy atom. The average Bonchev–Trinajstić information content (AvgIpc) is 2.78. The molecule has 6 heteroatoms. The molecular formula is C24H29N3O3. The number of benzene rings is 2. The van der Waals surface area contributed by atoms with Crippen LogP contribution in [0.25, 0.3) is 0 Å². The Bertz CT molecular complexity index is 917. The molecule has 2 aromatic carbocycles. The van der Waals surface area contributed by atoms with Crippen molar-refractivity contribution in [2.45, 2.75) is 33.1 Å². The molecule has 0 aliphatic carbocycles. The van der Waals surface area contributed by atoms with Gasteiger partial charge in [0.2, 0.25) is 11.8 Å². The lowest BCUT2D eigenvalue weighted by molar-refractivity contribution is -0.128. The number of carbonyl (C=O) groups excluding carboxylic acids is 3. The molecule has 0 spiro atoms. The van der Waals surface area contributed by atoms with Gasteiger partial charge in [0.15, 0.2) is 0 Å². The van der Waals surface area contributed by atoms with E-state index in [1.165, 1.54) is 0 Å². The van der Waals surface area contributed by atoms with Crippen LogP contribution in [-0.4, -0.2) is 42.3 Å². The van der Waals surface area contributed by atoms with Gasteiger partial charge < -0.3 is 15.5 Å². The van der Waals surface area contributed by atoms with Crippen molar-refractivity contribution in [3.05, 3.63) is 65.2 Å². The third kappa shape index (κ3) is 5.26. The van der Waals surface area contributed by atoms with Crippen LogP contribution in [0.15, 0.2) is 48.5 Å². The summed E-state index contributed by atoms with van der Waals surface area (Å²) in [4.78, 5) is 39.2. The van der Waals surface area contributed by atoms with Crippen LogP contribution >= 0.6 is 0 Å². The molecule has 1 aliphatic rings. The minimum Gasteiger partial charge on any atom is -0.347 e. The van der Waals surface area contributed by atoms with Gasteiger partial charge in [0, 0.05) is 30.3 Å². The van der Waals surface area contributed by atoms with Gasteiger partial charge in [-0.15, -0.1) is 0 Å². The maximum atomic E-state index is 12.7. The van der Waals surface area contributed by atoms with E-state index in [1.54, 1.807) is 4.90 Å². The molecule has 2 aromatic rings. The van der Waals surface area contributed by atoms with Crippen molar-refractivity contribution in [1.29, 1.82) is 0 Å². The van der Waals surface area contributed by atoms with Crippen molar-refractivity contribution in [2.24, 2.45) is 5.92 Å². The zero-order chi connectivity index (χ0) is 21.5. The Kier molecular flexibility index (Phi) is 7.22. The van der Waals surface area contributed by atoms with Crippen LogP contribution in [0.2, 0.25) is 0 Å². The molecule has 1 fully saturated rings. The second-order valence-electron chi connectivity index (χ2n) is 7.66. The van der Waals surface area contributed by atoms with Crippen molar-refractivity contribution in [3.8, 4) is 0 Å². The van der Waals surface area contributed by atoms with E-state index in [-0.39, 0.29) is 30.2 Å². The highest BCUT2D eigenvalue weighted by Crippen LogP contribution is 2.20. The lowest BCUT2D eigenvalue weighted by Gasteiger charge is -2.31. The van der Waals surface area contributed by atoms with Gasteiger partial charge in [-0.25, -0.2) is 0 Å². The van der Waals surface area contributed by atoms with Crippen molar-refractivity contribution in [2.75, 3.05) is 25.0 Å². The predicted octanol–water partition coefficient (Wildman–Crippen LogP) is 3.16. The number of carbonyl (C=O) groups is 3. The van der Waals surface area contributed by atoms with Gasteiger partial charge in [-0.3, -0.25) is 14.4 Å². The molecule has 0 aromatic heterocycles. The molecule has 1 saturated heterocycles. The van der Waals surface area contributed by atoms with Crippen LogP contribution in [0.4, 0.5) is 5.69 Å². The largest absolute Gasteiger partial charge is 0.347 e. The van der Waals surface area contributed by atoms with Gasteiger partial charge >= 0.3 is 0 Å². The van der Waals surface area contributed by atoms with E-state index in [0.717, 1.165) is 23.2 Å². The molecule has 3 amide bonds. The van der Waals surface area contributed by atoms with E-state index in [0.29, 0.717) is 31.5 Å². The minimum absolute atomic E-state index is 0.0147. The van der Waals surface area contributed by atoms with Crippen LogP contribution in [-0.2, 0) is 16.0 Å². The third-order valence-electron chi connectivity index (χ3n) is 5.62. The Morgan fingerprint density at radius 3 is 2.37 bits per heavy atom. The highest BCUT2D eigenvalue weighted by molar-refractivity contribution is 5.96. The molecule has 2 N–H and O–H groups in total. The smallest absolute Gasteiger partial charge is 0.254 e. The first-order valence-corrected chi connectivity index (χ1v) is 10.5. The maximum absolute atomic E-state index is 12.7. The number of para-hydroxylation sites is 1. The molecule has 30 heavy (non-hydrogen) atoms. The molecule has 0 radical (unpaired) electrons. The Balaban J connectivity index is 1.46. The summed E-state index contributed by atoms with van der Waals surface area (Å²) in [5, 5.41) is 5.60. The molecule has 6 nitrogen and oxygen atoms in total. The van der Waals surface area contributed by atoms with E-state index in [2.05, 4.69) is 10.6 Å². The molecule has 0 saturated carbocycles. The number of nitrogens with zero attached hydrogens (tertiary/aromatic N) is 1. The van der Waals surface area contributed by atoms with E-state index in [1.807, 2.05) is 62.4 Å². The number of nitrogens with one attached hydrogen (secondary N) is 2. The number of likely N-dealkylation sites (tertiary alicyclic amines) is 1. The maximum Gasteiger partial charge on any atom is 0.254 e. The molecule has 0 bridgehead atoms. The van der Waals surface area contributed by atoms with E-state index in [4.69, 9.17) is 0 Å². The highest BCUT2D eigenvalue weighted by atomic mass is 16.2. The van der Waals surface area contributed by atoms with E-state index < -0.39 is 0 Å². The zero-order valence-electron chi connectivity index (χ0n) is 17.6. The standard InChI is InChI=1S/C24H29N3O3/c1-3-18-9-5-7-11-21(18)26-22(28)16-25-23(29)19-12-14-27(15-13-19)24(30)20-10-6-4-8-17(20)2/h4-11,19H,3,12-16H2,1-2H3,(H,25,29)(H,26,28). The first-order valence-electron chi connectivity index (χ1n) is 10.5. The molecule has 0 unspecified atom stereocenters. The first kappa shape index (κ1) is 21.6. The van der Waals surface area contributed by atoms with Gasteiger partial charge in [-0.1, -0.05) is 43.3 Å². The van der Waals surface area contributed by atoms with Crippen molar-refractivity contribution >= 4 is 23.4 Å². The highest BCUT2D eigenvalue weighted by Gasteiger charge is 2.28. The summed E-state index contributed by atoms with van der Waals surface area (Å²) in [5.74, 6) is -0.532. The van der Waals surface area contributed by atoms with Gasteiger partial charge in [-0.05, 0) is 49.4 Å². The van der Waals surface area contributed by atoms with Gasteiger partial charge in [0.05, 0.1) is 6.54 Å². The Labute approximate surface area is 177 Å². The van der Waals surface area contributed by atoms with Crippen LogP contribution in [0.1, 0.15) is 41.3 Å². The van der Waals surface area contributed by atoms with Crippen LogP contribution in [0, 0.1) is 12.8 Å². The van der Waals surface area contributed by atoms with Crippen LogP contribution < -0.4 is 10.6 Å². The third-order valence-corrected chi connectivity index (χ3v) is 5.62.